The molecule has 1 N–H and O–H groups in total. The molecule has 0 unspecified atom stereocenters. The van der Waals surface area contributed by atoms with E-state index < -0.39 is 5.78 Å². The maximum Gasteiger partial charge on any atom is 0.205 e. The highest BCUT2D eigenvalue weighted by Crippen LogP contribution is 2.30. The number of para-hydroxylation sites is 1. The fourth-order valence-corrected chi connectivity index (χ4v) is 3.18. The summed E-state index contributed by atoms with van der Waals surface area (Å²) in [4.78, 5) is 15.9. The van der Waals surface area contributed by atoms with E-state index in [0.717, 1.165) is 10.9 Å². The standard InChI is InChI=1S/C21H13ClN2O3/c1-26-19-4-2-3-12-7-15(27-21(12)19)8-13(10-23)20(25)17-11-24-18-9-14(22)5-6-16(17)18/h2-9,11,24H,1H3/b13-8+. The number of aromatic nitrogens is 1. The fraction of sp³-hybridized carbons (Fsp3) is 0.0476. The average Bonchev–Trinajstić information content (AvgIpc) is 3.28. The van der Waals surface area contributed by atoms with Crippen molar-refractivity contribution in [1.82, 2.24) is 4.98 Å². The summed E-state index contributed by atoms with van der Waals surface area (Å²) in [6, 6.07) is 14.4. The van der Waals surface area contributed by atoms with Crippen molar-refractivity contribution < 1.29 is 13.9 Å². The second kappa shape index (κ2) is 6.67. The summed E-state index contributed by atoms with van der Waals surface area (Å²) in [5, 5.41) is 11.6. The second-order valence-corrected chi connectivity index (χ2v) is 6.36. The van der Waals surface area contributed by atoms with Gasteiger partial charge >= 0.3 is 0 Å². The van der Waals surface area contributed by atoms with E-state index >= 15 is 0 Å². The first-order chi connectivity index (χ1) is 13.1. The minimum absolute atomic E-state index is 0.0242. The number of nitriles is 1. The zero-order valence-corrected chi connectivity index (χ0v) is 15.0. The first-order valence-electron chi connectivity index (χ1n) is 8.10. The zero-order valence-electron chi connectivity index (χ0n) is 14.2. The van der Waals surface area contributed by atoms with E-state index in [4.69, 9.17) is 20.8 Å². The van der Waals surface area contributed by atoms with E-state index in [2.05, 4.69) is 4.98 Å². The number of rotatable bonds is 4. The van der Waals surface area contributed by atoms with E-state index in [1.54, 1.807) is 43.6 Å². The Labute approximate surface area is 159 Å². The van der Waals surface area contributed by atoms with Crippen molar-refractivity contribution in [3.05, 3.63) is 70.6 Å². The number of carbonyl (C=O) groups is 1. The minimum atomic E-state index is -0.390. The number of nitrogens with one attached hydrogen (secondary N) is 1. The van der Waals surface area contributed by atoms with Crippen LogP contribution in [-0.4, -0.2) is 17.9 Å². The molecule has 4 aromatic rings. The topological polar surface area (TPSA) is 79.0 Å². The van der Waals surface area contributed by atoms with Gasteiger partial charge in [0.25, 0.3) is 0 Å². The van der Waals surface area contributed by atoms with Crippen molar-refractivity contribution in [2.75, 3.05) is 7.11 Å². The van der Waals surface area contributed by atoms with Gasteiger partial charge in [-0.1, -0.05) is 29.8 Å². The number of H-pyrrole nitrogens is 1. The number of carbonyl (C=O) groups excluding carboxylic acids is 1. The average molecular weight is 377 g/mol. The van der Waals surface area contributed by atoms with Gasteiger partial charge in [0.2, 0.25) is 5.78 Å². The van der Waals surface area contributed by atoms with Gasteiger partial charge in [-0.15, -0.1) is 0 Å². The van der Waals surface area contributed by atoms with Gasteiger partial charge in [-0.25, -0.2) is 0 Å². The molecule has 0 aliphatic rings. The molecule has 2 aromatic heterocycles. The van der Waals surface area contributed by atoms with Crippen molar-refractivity contribution in [1.29, 1.82) is 5.26 Å². The Morgan fingerprint density at radius 1 is 1.30 bits per heavy atom. The van der Waals surface area contributed by atoms with Crippen LogP contribution in [0.2, 0.25) is 5.02 Å². The smallest absolute Gasteiger partial charge is 0.205 e. The van der Waals surface area contributed by atoms with Crippen LogP contribution in [0.15, 0.2) is 58.7 Å². The quantitative estimate of drug-likeness (QED) is 0.295. The van der Waals surface area contributed by atoms with Crippen LogP contribution in [0.4, 0.5) is 0 Å². The number of furan rings is 1. The van der Waals surface area contributed by atoms with Crippen LogP contribution >= 0.6 is 11.6 Å². The van der Waals surface area contributed by atoms with Gasteiger partial charge in [0.1, 0.15) is 17.4 Å². The summed E-state index contributed by atoms with van der Waals surface area (Å²) in [6.45, 7) is 0. The lowest BCUT2D eigenvalue weighted by atomic mass is 10.0. The molecule has 0 saturated heterocycles. The molecule has 0 saturated carbocycles. The number of benzene rings is 2. The van der Waals surface area contributed by atoms with Crippen LogP contribution in [0.3, 0.4) is 0 Å². The first-order valence-corrected chi connectivity index (χ1v) is 8.48. The summed E-state index contributed by atoms with van der Waals surface area (Å²) < 4.78 is 11.0. The number of halogens is 1. The van der Waals surface area contributed by atoms with Gasteiger partial charge < -0.3 is 14.1 Å². The van der Waals surface area contributed by atoms with Gasteiger partial charge in [0.05, 0.1) is 7.11 Å². The maximum absolute atomic E-state index is 12.9. The summed E-state index contributed by atoms with van der Waals surface area (Å²) in [6.07, 6.45) is 3.02. The SMILES string of the molecule is COc1cccc2cc(/C=C(\C#N)C(=O)c3c[nH]c4cc(Cl)ccc34)oc12. The van der Waals surface area contributed by atoms with Crippen LogP contribution in [-0.2, 0) is 0 Å². The monoisotopic (exact) mass is 376 g/mol. The Bertz CT molecular complexity index is 1260. The third-order valence-corrected chi connectivity index (χ3v) is 4.52. The minimum Gasteiger partial charge on any atom is -0.493 e. The number of Topliss-reactive ketones (excluding diaryl/α,β-unsaturated/α-hetero) is 1. The molecule has 2 aromatic carbocycles. The summed E-state index contributed by atoms with van der Waals surface area (Å²) in [7, 11) is 1.56. The first kappa shape index (κ1) is 17.0. The number of fused-ring (bicyclic) bond motifs is 2. The summed E-state index contributed by atoms with van der Waals surface area (Å²) >= 11 is 5.98. The zero-order chi connectivity index (χ0) is 19.0. The van der Waals surface area contributed by atoms with Crippen LogP contribution in [0, 0.1) is 11.3 Å². The lowest BCUT2D eigenvalue weighted by molar-refractivity contribution is 0.104. The summed E-state index contributed by atoms with van der Waals surface area (Å²) in [5.74, 6) is 0.603. The Morgan fingerprint density at radius 3 is 2.93 bits per heavy atom. The van der Waals surface area contributed by atoms with Crippen LogP contribution < -0.4 is 4.74 Å². The molecule has 0 atom stereocenters. The normalized spacial score (nSPS) is 11.7. The van der Waals surface area contributed by atoms with Crippen molar-refractivity contribution in [2.24, 2.45) is 0 Å². The molecule has 4 rings (SSSR count). The molecule has 0 fully saturated rings. The molecule has 0 aliphatic carbocycles. The van der Waals surface area contributed by atoms with Crippen molar-refractivity contribution in [3.63, 3.8) is 0 Å². The number of ether oxygens (including phenoxy) is 1. The molecule has 0 spiro atoms. The highest BCUT2D eigenvalue weighted by Gasteiger charge is 2.18. The van der Waals surface area contributed by atoms with Gasteiger partial charge in [-0.2, -0.15) is 5.26 Å². The van der Waals surface area contributed by atoms with E-state index in [1.165, 1.54) is 6.08 Å². The Hall–Kier alpha value is -3.49. The molecular weight excluding hydrogens is 364 g/mol. The predicted octanol–water partition coefficient (Wildman–Crippen LogP) is 5.37. The molecule has 0 bridgehead atoms. The summed E-state index contributed by atoms with van der Waals surface area (Å²) in [5.41, 5.74) is 1.68. The fourth-order valence-electron chi connectivity index (χ4n) is 3.01. The highest BCUT2D eigenvalue weighted by molar-refractivity contribution is 6.31. The number of allylic oxidation sites excluding steroid dienone is 1. The predicted molar refractivity (Wildman–Crippen MR) is 104 cm³/mol. The van der Waals surface area contributed by atoms with Gasteiger partial charge in [-0.05, 0) is 24.3 Å². The molecule has 6 heteroatoms. The van der Waals surface area contributed by atoms with Crippen LogP contribution in [0.1, 0.15) is 16.1 Å². The van der Waals surface area contributed by atoms with E-state index in [9.17, 15) is 10.1 Å². The van der Waals surface area contributed by atoms with Gasteiger partial charge in [-0.3, -0.25) is 4.79 Å². The van der Waals surface area contributed by atoms with E-state index in [1.807, 2.05) is 18.2 Å². The van der Waals surface area contributed by atoms with Crippen molar-refractivity contribution >= 4 is 45.3 Å². The van der Waals surface area contributed by atoms with E-state index in [0.29, 0.717) is 33.1 Å². The number of aromatic amines is 1. The Balaban J connectivity index is 1.77. The van der Waals surface area contributed by atoms with Crippen LogP contribution in [0.25, 0.3) is 27.9 Å². The van der Waals surface area contributed by atoms with Gasteiger partial charge in [0.15, 0.2) is 11.3 Å². The Morgan fingerprint density at radius 2 is 2.15 bits per heavy atom. The molecule has 2 heterocycles. The van der Waals surface area contributed by atoms with Crippen LogP contribution in [0.5, 0.6) is 5.75 Å². The van der Waals surface area contributed by atoms with Gasteiger partial charge in [0, 0.05) is 39.1 Å². The van der Waals surface area contributed by atoms with E-state index in [-0.39, 0.29) is 5.57 Å². The number of methoxy groups -OCH3 is 1. The number of ketones is 1. The molecule has 5 nitrogen and oxygen atoms in total. The second-order valence-electron chi connectivity index (χ2n) is 5.92. The number of nitrogens with zero attached hydrogens (tertiary/aromatic N) is 1. The molecule has 27 heavy (non-hydrogen) atoms. The number of hydrogen-bond donors (Lipinski definition) is 1. The molecule has 0 aliphatic heterocycles. The largest absolute Gasteiger partial charge is 0.493 e. The van der Waals surface area contributed by atoms with Crippen molar-refractivity contribution in [2.45, 2.75) is 0 Å². The third kappa shape index (κ3) is 2.97. The Kier molecular flexibility index (Phi) is 4.19. The molecular formula is C21H13ClN2O3. The lowest BCUT2D eigenvalue weighted by Gasteiger charge is -1.99. The molecule has 0 radical (unpaired) electrons. The van der Waals surface area contributed by atoms with Crippen molar-refractivity contribution in [3.8, 4) is 11.8 Å². The third-order valence-electron chi connectivity index (χ3n) is 4.29. The number of hydrogen-bond acceptors (Lipinski definition) is 4. The highest BCUT2D eigenvalue weighted by atomic mass is 35.5. The molecule has 0 amide bonds. The lowest BCUT2D eigenvalue weighted by Crippen LogP contribution is -2.00. The maximum atomic E-state index is 12.9. The molecule has 132 valence electrons.